The number of aliphatic hydroxyl groups excluding tert-OH is 1. The maximum atomic E-state index is 12.4. The van der Waals surface area contributed by atoms with Gasteiger partial charge in [0.05, 0.1) is 0 Å². The molecular formula is C16H32O2. The van der Waals surface area contributed by atoms with Gasteiger partial charge in [-0.05, 0) is 31.6 Å². The second-order valence-electron chi connectivity index (χ2n) is 5.46. The molecule has 2 heteroatoms. The highest BCUT2D eigenvalue weighted by molar-refractivity contribution is 5.85. The van der Waals surface area contributed by atoms with Crippen LogP contribution in [0.5, 0.6) is 0 Å². The highest BCUT2D eigenvalue weighted by Gasteiger charge is 2.29. The van der Waals surface area contributed by atoms with E-state index in [1.54, 1.807) is 0 Å². The van der Waals surface area contributed by atoms with E-state index in [1.165, 1.54) is 0 Å². The van der Waals surface area contributed by atoms with Gasteiger partial charge in [0.25, 0.3) is 0 Å². The zero-order valence-electron chi connectivity index (χ0n) is 12.7. The summed E-state index contributed by atoms with van der Waals surface area (Å²) in [6.45, 7) is 8.46. The summed E-state index contributed by atoms with van der Waals surface area (Å²) in [6, 6.07) is 0. The Hall–Kier alpha value is -0.370. The molecule has 0 aromatic carbocycles. The summed E-state index contributed by atoms with van der Waals surface area (Å²) in [5.74, 6) is 0.348. The van der Waals surface area contributed by atoms with E-state index in [9.17, 15) is 9.90 Å². The van der Waals surface area contributed by atoms with Gasteiger partial charge in [0.2, 0.25) is 0 Å². The van der Waals surface area contributed by atoms with Gasteiger partial charge in [-0.1, -0.05) is 53.4 Å². The van der Waals surface area contributed by atoms with Gasteiger partial charge in [-0.15, -0.1) is 0 Å². The zero-order valence-corrected chi connectivity index (χ0v) is 12.7. The van der Waals surface area contributed by atoms with E-state index >= 15 is 0 Å². The third-order valence-electron chi connectivity index (χ3n) is 3.73. The summed E-state index contributed by atoms with van der Waals surface area (Å²) in [6.07, 6.45) is 7.18. The maximum Gasteiger partial charge on any atom is 0.164 e. The fraction of sp³-hybridized carbons (Fsp3) is 0.938. The first-order valence-electron chi connectivity index (χ1n) is 7.83. The number of aliphatic hydroxyl groups is 1. The first kappa shape index (κ1) is 17.6. The fourth-order valence-electron chi connectivity index (χ4n) is 2.80. The van der Waals surface area contributed by atoms with Gasteiger partial charge in [0.1, 0.15) is 6.10 Å². The Morgan fingerprint density at radius 1 is 0.833 bits per heavy atom. The van der Waals surface area contributed by atoms with Crippen molar-refractivity contribution in [3.8, 4) is 0 Å². The molecule has 0 amide bonds. The smallest absolute Gasteiger partial charge is 0.164 e. The molecule has 0 aromatic heterocycles. The van der Waals surface area contributed by atoms with E-state index in [0.717, 1.165) is 51.4 Å². The monoisotopic (exact) mass is 256 g/mol. The standard InChI is InChI=1S/C16H32O2/c1-5-9-13(10-6-2)15(17)16(18)14(11-7-3)12-8-4/h13-15,17H,5-12H2,1-4H3. The summed E-state index contributed by atoms with van der Waals surface area (Å²) in [4.78, 5) is 12.4. The fourth-order valence-corrected chi connectivity index (χ4v) is 2.80. The minimum atomic E-state index is -0.729. The van der Waals surface area contributed by atoms with Crippen LogP contribution in [0, 0.1) is 11.8 Å². The highest BCUT2D eigenvalue weighted by Crippen LogP contribution is 2.24. The van der Waals surface area contributed by atoms with Gasteiger partial charge in [0, 0.05) is 5.92 Å². The average Bonchev–Trinajstić information content (AvgIpc) is 2.36. The van der Waals surface area contributed by atoms with Crippen LogP contribution in [0.2, 0.25) is 0 Å². The van der Waals surface area contributed by atoms with Crippen molar-refractivity contribution in [3.05, 3.63) is 0 Å². The summed E-state index contributed by atoms with van der Waals surface area (Å²) in [7, 11) is 0. The molecule has 1 unspecified atom stereocenters. The van der Waals surface area contributed by atoms with Crippen LogP contribution in [0.4, 0.5) is 0 Å². The van der Waals surface area contributed by atoms with E-state index < -0.39 is 6.10 Å². The van der Waals surface area contributed by atoms with Crippen LogP contribution in [0.3, 0.4) is 0 Å². The number of rotatable bonds is 11. The molecule has 0 saturated carbocycles. The van der Waals surface area contributed by atoms with Crippen molar-refractivity contribution in [1.82, 2.24) is 0 Å². The van der Waals surface area contributed by atoms with Crippen molar-refractivity contribution >= 4 is 5.78 Å². The second-order valence-corrected chi connectivity index (χ2v) is 5.46. The molecule has 2 nitrogen and oxygen atoms in total. The van der Waals surface area contributed by atoms with Crippen LogP contribution in [0.25, 0.3) is 0 Å². The lowest BCUT2D eigenvalue weighted by atomic mass is 9.83. The van der Waals surface area contributed by atoms with Crippen molar-refractivity contribution in [2.75, 3.05) is 0 Å². The highest BCUT2D eigenvalue weighted by atomic mass is 16.3. The van der Waals surface area contributed by atoms with Gasteiger partial charge < -0.3 is 5.11 Å². The first-order chi connectivity index (χ1) is 8.62. The summed E-state index contributed by atoms with van der Waals surface area (Å²) in [5.41, 5.74) is 0. The zero-order chi connectivity index (χ0) is 14.0. The molecule has 1 atom stereocenters. The van der Waals surface area contributed by atoms with Crippen molar-refractivity contribution in [3.63, 3.8) is 0 Å². The quantitative estimate of drug-likeness (QED) is 0.597. The molecule has 0 aliphatic rings. The molecule has 0 heterocycles. The lowest BCUT2D eigenvalue weighted by Gasteiger charge is -2.25. The van der Waals surface area contributed by atoms with Gasteiger partial charge in [0.15, 0.2) is 5.78 Å². The van der Waals surface area contributed by atoms with Crippen LogP contribution < -0.4 is 0 Å². The lowest BCUT2D eigenvalue weighted by Crippen LogP contribution is -2.34. The predicted molar refractivity (Wildman–Crippen MR) is 77.6 cm³/mol. The topological polar surface area (TPSA) is 37.3 Å². The van der Waals surface area contributed by atoms with E-state index in [1.807, 2.05) is 0 Å². The molecule has 0 aromatic rings. The van der Waals surface area contributed by atoms with Crippen molar-refractivity contribution in [2.24, 2.45) is 11.8 Å². The summed E-state index contributed by atoms with van der Waals surface area (Å²) >= 11 is 0. The van der Waals surface area contributed by atoms with Gasteiger partial charge in [-0.3, -0.25) is 4.79 Å². The summed E-state index contributed by atoms with van der Waals surface area (Å²) in [5, 5.41) is 10.3. The number of carbonyl (C=O) groups excluding carboxylic acids is 1. The van der Waals surface area contributed by atoms with Crippen LogP contribution in [0.15, 0.2) is 0 Å². The molecule has 0 aliphatic heterocycles. The van der Waals surface area contributed by atoms with Gasteiger partial charge in [-0.25, -0.2) is 0 Å². The number of carbonyl (C=O) groups is 1. The molecule has 0 bridgehead atoms. The Morgan fingerprint density at radius 2 is 1.22 bits per heavy atom. The Kier molecular flexibility index (Phi) is 10.3. The maximum absolute atomic E-state index is 12.4. The Bertz CT molecular complexity index is 201. The molecular weight excluding hydrogens is 224 g/mol. The summed E-state index contributed by atoms with van der Waals surface area (Å²) < 4.78 is 0. The Labute approximate surface area is 113 Å². The van der Waals surface area contributed by atoms with E-state index in [0.29, 0.717) is 0 Å². The molecule has 0 rings (SSSR count). The lowest BCUT2D eigenvalue weighted by molar-refractivity contribution is -0.134. The van der Waals surface area contributed by atoms with Crippen molar-refractivity contribution in [2.45, 2.75) is 85.2 Å². The molecule has 0 spiro atoms. The Balaban J connectivity index is 4.57. The largest absolute Gasteiger partial charge is 0.385 e. The van der Waals surface area contributed by atoms with E-state index in [2.05, 4.69) is 27.7 Å². The molecule has 0 aliphatic carbocycles. The second kappa shape index (κ2) is 10.5. The van der Waals surface area contributed by atoms with E-state index in [4.69, 9.17) is 0 Å². The minimum absolute atomic E-state index is 0.0752. The van der Waals surface area contributed by atoms with Crippen molar-refractivity contribution < 1.29 is 9.90 Å². The Morgan fingerprint density at radius 3 is 1.56 bits per heavy atom. The molecule has 0 fully saturated rings. The molecule has 0 radical (unpaired) electrons. The molecule has 108 valence electrons. The molecule has 18 heavy (non-hydrogen) atoms. The first-order valence-corrected chi connectivity index (χ1v) is 7.83. The third kappa shape index (κ3) is 5.99. The van der Waals surface area contributed by atoms with Crippen LogP contribution in [-0.2, 0) is 4.79 Å². The van der Waals surface area contributed by atoms with Gasteiger partial charge >= 0.3 is 0 Å². The van der Waals surface area contributed by atoms with Crippen LogP contribution in [-0.4, -0.2) is 17.0 Å². The van der Waals surface area contributed by atoms with Gasteiger partial charge in [-0.2, -0.15) is 0 Å². The van der Waals surface area contributed by atoms with Crippen LogP contribution in [0.1, 0.15) is 79.1 Å². The molecule has 1 N–H and O–H groups in total. The molecule has 0 saturated heterocycles. The third-order valence-corrected chi connectivity index (χ3v) is 3.73. The number of hydrogen-bond donors (Lipinski definition) is 1. The predicted octanol–water partition coefficient (Wildman–Crippen LogP) is 4.35. The van der Waals surface area contributed by atoms with E-state index in [-0.39, 0.29) is 17.6 Å². The minimum Gasteiger partial charge on any atom is -0.385 e. The SMILES string of the molecule is CCCC(CCC)C(=O)C(O)C(CCC)CCC. The number of hydrogen-bond acceptors (Lipinski definition) is 2. The number of Topliss-reactive ketones (excluding diaryl/α,β-unsaturated/α-hetero) is 1. The van der Waals surface area contributed by atoms with Crippen molar-refractivity contribution in [1.29, 1.82) is 0 Å². The average molecular weight is 256 g/mol. The normalized spacial score (nSPS) is 13.3. The van der Waals surface area contributed by atoms with Crippen LogP contribution >= 0.6 is 0 Å². The number of ketones is 1.